The summed E-state index contributed by atoms with van der Waals surface area (Å²) in [5.41, 5.74) is 4.40. The van der Waals surface area contributed by atoms with Crippen molar-refractivity contribution in [2.75, 3.05) is 6.61 Å². The van der Waals surface area contributed by atoms with Gasteiger partial charge in [0.25, 0.3) is 10.1 Å². The molecule has 0 N–H and O–H groups in total. The van der Waals surface area contributed by atoms with Crippen molar-refractivity contribution in [1.29, 1.82) is 0 Å². The van der Waals surface area contributed by atoms with Crippen molar-refractivity contribution in [3.63, 3.8) is 0 Å². The molecule has 0 amide bonds. The van der Waals surface area contributed by atoms with E-state index in [2.05, 4.69) is 16.6 Å². The van der Waals surface area contributed by atoms with E-state index in [4.69, 9.17) is 9.28 Å². The highest BCUT2D eigenvalue weighted by molar-refractivity contribution is 7.86. The molecule has 5 rings (SSSR count). The lowest BCUT2D eigenvalue weighted by atomic mass is 9.81. The second-order valence-corrected chi connectivity index (χ2v) is 10.1. The van der Waals surface area contributed by atoms with Gasteiger partial charge >= 0.3 is 0 Å². The second kappa shape index (κ2) is 6.92. The number of aromatic nitrogens is 3. The number of pyridine rings is 1. The lowest BCUT2D eigenvalue weighted by Crippen LogP contribution is -2.31. The molecule has 0 saturated heterocycles. The summed E-state index contributed by atoms with van der Waals surface area (Å²) >= 11 is 0. The quantitative estimate of drug-likeness (QED) is 0.566. The smallest absolute Gasteiger partial charge is 0.266 e. The van der Waals surface area contributed by atoms with Gasteiger partial charge in [-0.1, -0.05) is 17.7 Å². The Morgan fingerprint density at radius 1 is 1.10 bits per heavy atom. The summed E-state index contributed by atoms with van der Waals surface area (Å²) < 4.78 is 32.2. The van der Waals surface area contributed by atoms with Gasteiger partial charge in [-0.3, -0.25) is 4.18 Å². The lowest BCUT2D eigenvalue weighted by molar-refractivity contribution is 0.123. The number of fused-ring (bicyclic) bond motifs is 1. The summed E-state index contributed by atoms with van der Waals surface area (Å²) in [5.74, 6) is 0.786. The molecule has 2 heterocycles. The third-order valence-electron chi connectivity index (χ3n) is 6.12. The fraction of sp³-hybridized carbons (Fsp3) is 0.455. The Morgan fingerprint density at radius 3 is 2.52 bits per heavy atom. The molecule has 0 bridgehead atoms. The molecule has 152 valence electrons. The summed E-state index contributed by atoms with van der Waals surface area (Å²) in [7, 11) is -3.70. The topological polar surface area (TPSA) is 74.1 Å². The van der Waals surface area contributed by atoms with Crippen molar-refractivity contribution in [3.05, 3.63) is 53.3 Å². The van der Waals surface area contributed by atoms with Crippen molar-refractivity contribution in [2.45, 2.75) is 56.4 Å². The molecular weight excluding hydrogens is 386 g/mol. The van der Waals surface area contributed by atoms with Gasteiger partial charge in [0.05, 0.1) is 23.2 Å². The predicted octanol–water partition coefficient (Wildman–Crippen LogP) is 4.28. The molecule has 6 nitrogen and oxygen atoms in total. The van der Waals surface area contributed by atoms with E-state index < -0.39 is 10.1 Å². The minimum atomic E-state index is -3.70. The highest BCUT2D eigenvalue weighted by atomic mass is 32.2. The van der Waals surface area contributed by atoms with Crippen LogP contribution >= 0.6 is 0 Å². The van der Waals surface area contributed by atoms with Gasteiger partial charge in [0.1, 0.15) is 0 Å². The molecule has 1 aromatic carbocycles. The molecule has 2 aliphatic carbocycles. The normalized spacial score (nSPS) is 22.0. The summed E-state index contributed by atoms with van der Waals surface area (Å²) in [4.78, 5) is 4.82. The van der Waals surface area contributed by atoms with Crippen LogP contribution in [-0.4, -0.2) is 29.8 Å². The van der Waals surface area contributed by atoms with Crippen molar-refractivity contribution in [1.82, 2.24) is 14.8 Å². The Morgan fingerprint density at radius 2 is 1.83 bits per heavy atom. The number of hydrogen-bond acceptors (Lipinski definition) is 5. The zero-order valence-electron chi connectivity index (χ0n) is 16.7. The molecule has 0 unspecified atom stereocenters. The summed E-state index contributed by atoms with van der Waals surface area (Å²) in [6.45, 7) is 4.26. The first kappa shape index (κ1) is 18.8. The van der Waals surface area contributed by atoms with E-state index in [-0.39, 0.29) is 23.5 Å². The van der Waals surface area contributed by atoms with E-state index in [1.54, 1.807) is 24.3 Å². The molecule has 29 heavy (non-hydrogen) atoms. The first-order valence-electron chi connectivity index (χ1n) is 10.2. The van der Waals surface area contributed by atoms with Crippen molar-refractivity contribution >= 4 is 21.2 Å². The molecule has 3 aromatic rings. The van der Waals surface area contributed by atoms with E-state index in [0.717, 1.165) is 24.1 Å². The molecule has 2 fully saturated rings. The fourth-order valence-electron chi connectivity index (χ4n) is 4.14. The third kappa shape index (κ3) is 3.46. The van der Waals surface area contributed by atoms with Gasteiger partial charge in [0, 0.05) is 17.5 Å². The molecule has 2 aromatic heterocycles. The largest absolute Gasteiger partial charge is 0.296 e. The van der Waals surface area contributed by atoms with Crippen LogP contribution in [-0.2, 0) is 14.3 Å². The van der Waals surface area contributed by atoms with Gasteiger partial charge in [-0.15, -0.1) is 0 Å². The monoisotopic (exact) mass is 411 g/mol. The zero-order chi connectivity index (χ0) is 20.2. The van der Waals surface area contributed by atoms with E-state index in [1.807, 2.05) is 19.2 Å². The third-order valence-corrected chi connectivity index (χ3v) is 7.41. The minimum absolute atomic E-state index is 0.214. The summed E-state index contributed by atoms with van der Waals surface area (Å²) in [6.07, 6.45) is 5.98. The molecule has 2 saturated carbocycles. The number of hydrogen-bond donors (Lipinski definition) is 0. The van der Waals surface area contributed by atoms with Gasteiger partial charge in [0.2, 0.25) is 0 Å². The minimum Gasteiger partial charge on any atom is -0.266 e. The highest BCUT2D eigenvalue weighted by Crippen LogP contribution is 2.45. The predicted molar refractivity (Wildman–Crippen MR) is 110 cm³/mol. The van der Waals surface area contributed by atoms with Crippen LogP contribution in [0.2, 0.25) is 0 Å². The maximum absolute atomic E-state index is 12.4. The van der Waals surface area contributed by atoms with Gasteiger partial charge in [0.15, 0.2) is 5.65 Å². The Balaban J connectivity index is 1.27. The van der Waals surface area contributed by atoms with E-state index in [9.17, 15) is 8.42 Å². The van der Waals surface area contributed by atoms with Gasteiger partial charge < -0.3 is 0 Å². The molecule has 0 radical (unpaired) electrons. The highest BCUT2D eigenvalue weighted by Gasteiger charge is 2.36. The van der Waals surface area contributed by atoms with Crippen LogP contribution in [0, 0.1) is 19.8 Å². The molecule has 0 atom stereocenters. The van der Waals surface area contributed by atoms with Gasteiger partial charge in [-0.25, -0.2) is 9.67 Å². The summed E-state index contributed by atoms with van der Waals surface area (Å²) in [5, 5.41) is 6.13. The van der Waals surface area contributed by atoms with E-state index in [0.29, 0.717) is 5.92 Å². The number of nitrogens with zero attached hydrogens (tertiary/aromatic N) is 3. The first-order valence-corrected chi connectivity index (χ1v) is 11.6. The maximum atomic E-state index is 12.4. The maximum Gasteiger partial charge on any atom is 0.296 e. The zero-order valence-corrected chi connectivity index (χ0v) is 17.5. The number of rotatable bonds is 6. The molecule has 7 heteroatoms. The Kier molecular flexibility index (Phi) is 4.47. The van der Waals surface area contributed by atoms with Crippen molar-refractivity contribution in [3.8, 4) is 0 Å². The Labute approximate surface area is 171 Å². The Bertz CT molecular complexity index is 1160. The van der Waals surface area contributed by atoms with Crippen LogP contribution in [0.4, 0.5) is 0 Å². The van der Waals surface area contributed by atoms with Gasteiger partial charge in [-0.2, -0.15) is 13.5 Å². The molecular formula is C22H25N3O3S. The second-order valence-electron chi connectivity index (χ2n) is 8.47. The van der Waals surface area contributed by atoms with Gasteiger partial charge in [-0.05, 0) is 69.2 Å². The van der Waals surface area contributed by atoms with E-state index in [1.165, 1.54) is 29.5 Å². The number of aryl methyl sites for hydroxylation is 2. The average molecular weight is 412 g/mol. The molecule has 0 spiro atoms. The standard InChI is InChI=1S/C22H25N3O3S/c1-14-3-7-19(8-4-14)29(26,27)28-13-16-11-18(12-16)25-22-20(15(2)9-10-23-22)21(24-25)17-5-6-17/h3-4,7-10,16-18H,5-6,11-13H2,1-2H3. The Hall–Kier alpha value is -2.25. The van der Waals surface area contributed by atoms with E-state index >= 15 is 0 Å². The lowest BCUT2D eigenvalue weighted by Gasteiger charge is -2.35. The van der Waals surface area contributed by atoms with Crippen LogP contribution in [0.15, 0.2) is 41.4 Å². The van der Waals surface area contributed by atoms with Crippen LogP contribution in [0.5, 0.6) is 0 Å². The van der Waals surface area contributed by atoms with Crippen molar-refractivity contribution in [2.24, 2.45) is 5.92 Å². The van der Waals surface area contributed by atoms with Crippen LogP contribution < -0.4 is 0 Å². The van der Waals surface area contributed by atoms with Crippen LogP contribution in [0.25, 0.3) is 11.0 Å². The SMILES string of the molecule is Cc1ccc(S(=O)(=O)OCC2CC(n3nc(C4CC4)c4c(C)ccnc43)C2)cc1. The van der Waals surface area contributed by atoms with Crippen LogP contribution in [0.3, 0.4) is 0 Å². The molecule has 2 aliphatic rings. The summed E-state index contributed by atoms with van der Waals surface area (Å²) in [6, 6.07) is 9.06. The average Bonchev–Trinajstić information content (AvgIpc) is 3.43. The fourth-order valence-corrected chi connectivity index (χ4v) is 5.12. The number of benzene rings is 1. The molecule has 0 aliphatic heterocycles. The first-order chi connectivity index (χ1) is 13.9. The van der Waals surface area contributed by atoms with Crippen LogP contribution in [0.1, 0.15) is 54.5 Å². The van der Waals surface area contributed by atoms with Crippen molar-refractivity contribution < 1.29 is 12.6 Å².